The summed E-state index contributed by atoms with van der Waals surface area (Å²) in [4.78, 5) is 14.2. The van der Waals surface area contributed by atoms with E-state index in [0.717, 1.165) is 0 Å². The van der Waals surface area contributed by atoms with Crippen LogP contribution in [0.5, 0.6) is 0 Å². The quantitative estimate of drug-likeness (QED) is 0.858. The van der Waals surface area contributed by atoms with Crippen LogP contribution in [0.4, 0.5) is 4.39 Å². The Morgan fingerprint density at radius 1 is 1.45 bits per heavy atom. The molecule has 20 heavy (non-hydrogen) atoms. The van der Waals surface area contributed by atoms with E-state index in [1.165, 1.54) is 18.2 Å². The van der Waals surface area contributed by atoms with Crippen LogP contribution < -0.4 is 0 Å². The van der Waals surface area contributed by atoms with Gasteiger partial charge in [0.2, 0.25) is 0 Å². The number of aliphatic hydroxyl groups excluding tert-OH is 1. The van der Waals surface area contributed by atoms with Gasteiger partial charge in [-0.25, -0.2) is 4.39 Å². The van der Waals surface area contributed by atoms with E-state index in [1.807, 2.05) is 20.8 Å². The topological polar surface area (TPSA) is 40.5 Å². The zero-order valence-corrected chi connectivity index (χ0v) is 12.1. The molecule has 0 aliphatic rings. The average Bonchev–Trinajstić information content (AvgIpc) is 2.41. The maximum absolute atomic E-state index is 13.3. The van der Waals surface area contributed by atoms with Gasteiger partial charge in [0.25, 0.3) is 5.91 Å². The summed E-state index contributed by atoms with van der Waals surface area (Å²) in [5.74, 6) is 4.82. The summed E-state index contributed by atoms with van der Waals surface area (Å²) < 4.78 is 13.3. The summed E-state index contributed by atoms with van der Waals surface area (Å²) in [6.45, 7) is 6.87. The predicted octanol–water partition coefficient (Wildman–Crippen LogP) is 2.29. The lowest BCUT2D eigenvalue weighted by molar-refractivity contribution is 0.0745. The second-order valence-electron chi connectivity index (χ2n) is 4.89. The van der Waals surface area contributed by atoms with Gasteiger partial charge in [-0.3, -0.25) is 4.79 Å². The van der Waals surface area contributed by atoms with E-state index in [4.69, 9.17) is 5.11 Å². The Bertz CT molecular complexity index is 529. The van der Waals surface area contributed by atoms with Crippen molar-refractivity contribution in [1.82, 2.24) is 4.90 Å². The fourth-order valence-electron chi connectivity index (χ4n) is 1.91. The molecule has 0 atom stereocenters. The van der Waals surface area contributed by atoms with E-state index in [-0.39, 0.29) is 12.5 Å². The molecule has 0 aliphatic carbocycles. The van der Waals surface area contributed by atoms with E-state index in [9.17, 15) is 9.18 Å². The summed E-state index contributed by atoms with van der Waals surface area (Å²) in [6.07, 6.45) is 0. The van der Waals surface area contributed by atoms with Crippen molar-refractivity contribution < 1.29 is 14.3 Å². The summed E-state index contributed by atoms with van der Waals surface area (Å²) >= 11 is 0. The third kappa shape index (κ3) is 4.36. The fourth-order valence-corrected chi connectivity index (χ4v) is 1.91. The van der Waals surface area contributed by atoms with E-state index < -0.39 is 5.82 Å². The first-order chi connectivity index (χ1) is 9.49. The highest BCUT2D eigenvalue weighted by atomic mass is 19.1. The van der Waals surface area contributed by atoms with Gasteiger partial charge in [0.1, 0.15) is 12.4 Å². The van der Waals surface area contributed by atoms with Crippen LogP contribution in [0.3, 0.4) is 0 Å². The molecule has 0 saturated carbocycles. The Labute approximate surface area is 119 Å². The van der Waals surface area contributed by atoms with E-state index in [1.54, 1.807) is 4.90 Å². The number of hydrogen-bond donors (Lipinski definition) is 1. The Morgan fingerprint density at radius 2 is 2.15 bits per heavy atom. The van der Waals surface area contributed by atoms with Crippen molar-refractivity contribution >= 4 is 5.91 Å². The normalized spacial score (nSPS) is 10.1. The molecule has 3 nitrogen and oxygen atoms in total. The number of hydrogen-bond acceptors (Lipinski definition) is 2. The molecule has 1 amide bonds. The van der Waals surface area contributed by atoms with Crippen molar-refractivity contribution in [2.75, 3.05) is 19.7 Å². The van der Waals surface area contributed by atoms with E-state index in [0.29, 0.717) is 30.1 Å². The van der Waals surface area contributed by atoms with Gasteiger partial charge in [0, 0.05) is 18.7 Å². The van der Waals surface area contributed by atoms with Gasteiger partial charge in [-0.2, -0.15) is 0 Å². The van der Waals surface area contributed by atoms with Crippen molar-refractivity contribution in [3.05, 3.63) is 35.1 Å². The minimum Gasteiger partial charge on any atom is -0.384 e. The molecule has 1 N–H and O–H groups in total. The Kier molecular flexibility index (Phi) is 6.20. The van der Waals surface area contributed by atoms with Crippen LogP contribution in [0.1, 0.15) is 36.7 Å². The first-order valence-corrected chi connectivity index (χ1v) is 6.68. The van der Waals surface area contributed by atoms with Crippen molar-refractivity contribution in [2.24, 2.45) is 5.92 Å². The molecular formula is C16H20FNO2. The van der Waals surface area contributed by atoms with Gasteiger partial charge in [-0.05, 0) is 31.0 Å². The van der Waals surface area contributed by atoms with E-state index >= 15 is 0 Å². The summed E-state index contributed by atoms with van der Waals surface area (Å²) in [5, 5.41) is 8.74. The maximum atomic E-state index is 13.3. The molecule has 0 unspecified atom stereocenters. The van der Waals surface area contributed by atoms with Gasteiger partial charge in [-0.15, -0.1) is 0 Å². The van der Waals surface area contributed by atoms with Crippen molar-refractivity contribution in [3.63, 3.8) is 0 Å². The highest BCUT2D eigenvalue weighted by molar-refractivity contribution is 5.96. The molecule has 108 valence electrons. The zero-order valence-electron chi connectivity index (χ0n) is 12.1. The highest BCUT2D eigenvalue weighted by Gasteiger charge is 2.18. The van der Waals surface area contributed by atoms with Crippen LogP contribution in [0.25, 0.3) is 0 Å². The third-order valence-electron chi connectivity index (χ3n) is 2.77. The van der Waals surface area contributed by atoms with Crippen LogP contribution in [-0.2, 0) is 0 Å². The van der Waals surface area contributed by atoms with Gasteiger partial charge in [-0.1, -0.05) is 25.7 Å². The van der Waals surface area contributed by atoms with Crippen LogP contribution in [-0.4, -0.2) is 35.6 Å². The summed E-state index contributed by atoms with van der Waals surface area (Å²) in [5.41, 5.74) is 0.682. The Balaban J connectivity index is 3.13. The fraction of sp³-hybridized carbons (Fsp3) is 0.438. The Hall–Kier alpha value is -1.86. The molecule has 0 heterocycles. The van der Waals surface area contributed by atoms with Crippen molar-refractivity contribution in [3.8, 4) is 11.8 Å². The number of carbonyl (C=O) groups excluding carboxylic acids is 1. The maximum Gasteiger partial charge on any atom is 0.255 e. The second-order valence-corrected chi connectivity index (χ2v) is 4.89. The number of nitrogens with zero attached hydrogens (tertiary/aromatic N) is 1. The summed E-state index contributed by atoms with van der Waals surface area (Å²) in [7, 11) is 0. The zero-order chi connectivity index (χ0) is 15.1. The first kappa shape index (κ1) is 16.2. The van der Waals surface area contributed by atoms with Gasteiger partial charge < -0.3 is 10.0 Å². The average molecular weight is 277 g/mol. The van der Waals surface area contributed by atoms with Crippen molar-refractivity contribution in [1.29, 1.82) is 0 Å². The molecule has 0 fully saturated rings. The molecule has 0 bridgehead atoms. The lowest BCUT2D eigenvalue weighted by Crippen LogP contribution is -2.34. The standard InChI is InChI=1S/C16H20FNO2/c1-4-18(11-12(2)3)16(20)15-8-7-14(17)10-13(15)6-5-9-19/h7-8,10,12,19H,4,9,11H2,1-3H3. The molecule has 1 rings (SSSR count). The molecule has 0 aliphatic heterocycles. The molecule has 1 aromatic carbocycles. The highest BCUT2D eigenvalue weighted by Crippen LogP contribution is 2.14. The second kappa shape index (κ2) is 7.66. The molecule has 0 spiro atoms. The number of carbonyl (C=O) groups is 1. The molecule has 0 saturated heterocycles. The van der Waals surface area contributed by atoms with Crippen molar-refractivity contribution in [2.45, 2.75) is 20.8 Å². The molecule has 0 aromatic heterocycles. The van der Waals surface area contributed by atoms with E-state index in [2.05, 4.69) is 11.8 Å². The monoisotopic (exact) mass is 277 g/mol. The lowest BCUT2D eigenvalue weighted by Gasteiger charge is -2.23. The number of aliphatic hydroxyl groups is 1. The predicted molar refractivity (Wildman–Crippen MR) is 76.8 cm³/mol. The molecular weight excluding hydrogens is 257 g/mol. The number of amides is 1. The first-order valence-electron chi connectivity index (χ1n) is 6.68. The molecule has 1 aromatic rings. The largest absolute Gasteiger partial charge is 0.384 e. The SMILES string of the molecule is CCN(CC(C)C)C(=O)c1ccc(F)cc1C#CCO. The smallest absolute Gasteiger partial charge is 0.255 e. The number of rotatable bonds is 4. The molecule has 0 radical (unpaired) electrons. The van der Waals surface area contributed by atoms with Crippen LogP contribution in [0, 0.1) is 23.6 Å². The number of benzene rings is 1. The van der Waals surface area contributed by atoms with Crippen LogP contribution in [0.2, 0.25) is 0 Å². The van der Waals surface area contributed by atoms with Gasteiger partial charge in [0.05, 0.1) is 5.56 Å². The molecule has 4 heteroatoms. The lowest BCUT2D eigenvalue weighted by atomic mass is 10.1. The minimum atomic E-state index is -0.448. The summed E-state index contributed by atoms with van der Waals surface area (Å²) in [6, 6.07) is 3.92. The van der Waals surface area contributed by atoms with Crippen LogP contribution >= 0.6 is 0 Å². The van der Waals surface area contributed by atoms with Crippen LogP contribution in [0.15, 0.2) is 18.2 Å². The Morgan fingerprint density at radius 3 is 2.70 bits per heavy atom. The third-order valence-corrected chi connectivity index (χ3v) is 2.77. The minimum absolute atomic E-state index is 0.163. The van der Waals surface area contributed by atoms with Gasteiger partial charge in [0.15, 0.2) is 0 Å². The van der Waals surface area contributed by atoms with Gasteiger partial charge >= 0.3 is 0 Å². The number of halogens is 1.